The molecular weight excluding hydrogens is 384 g/mol. The van der Waals surface area contributed by atoms with Crippen molar-refractivity contribution in [2.75, 3.05) is 11.4 Å². The molecule has 0 aromatic carbocycles. The number of aryl methyl sites for hydroxylation is 1. The van der Waals surface area contributed by atoms with E-state index < -0.39 is 0 Å². The van der Waals surface area contributed by atoms with Gasteiger partial charge in [-0.2, -0.15) is 5.26 Å². The van der Waals surface area contributed by atoms with Crippen molar-refractivity contribution in [3.63, 3.8) is 0 Å². The maximum Gasteiger partial charge on any atom is 0.266 e. The van der Waals surface area contributed by atoms with Crippen LogP contribution in [-0.4, -0.2) is 22.4 Å². The number of carbonyl (C=O) groups is 1. The van der Waals surface area contributed by atoms with E-state index in [1.165, 1.54) is 0 Å². The molecule has 0 unspecified atom stereocenters. The topological polar surface area (TPSA) is 89.9 Å². The minimum Gasteiger partial charge on any atom is -0.325 e. The smallest absolute Gasteiger partial charge is 0.266 e. The number of aromatic nitrogens is 2. The number of rotatable bonds is 5. The van der Waals surface area contributed by atoms with Crippen LogP contribution in [0.3, 0.4) is 0 Å². The lowest BCUT2D eigenvalue weighted by atomic mass is 9.99. The molecule has 25 heavy (non-hydrogen) atoms. The third kappa shape index (κ3) is 4.15. The Kier molecular flexibility index (Phi) is 6.10. The first-order valence-electron chi connectivity index (χ1n) is 7.93. The fraction of sp³-hybridized carbons (Fsp3) is 0.333. The maximum atomic E-state index is 12.6. The molecule has 0 saturated carbocycles. The van der Waals surface area contributed by atoms with Crippen LogP contribution in [0.15, 0.2) is 27.6 Å². The van der Waals surface area contributed by atoms with Gasteiger partial charge in [0.2, 0.25) is 5.91 Å². The predicted octanol–water partition coefficient (Wildman–Crippen LogP) is 3.01. The highest BCUT2D eigenvalue weighted by atomic mass is 79.9. The molecule has 0 spiro atoms. The summed E-state index contributed by atoms with van der Waals surface area (Å²) < 4.78 is 0.850. The SMILES string of the molecule is CCN(C(=O)CCc1c(C)[nH]c(=O)c(C#N)c1C)c1ccc(Br)cn1. The van der Waals surface area contributed by atoms with E-state index >= 15 is 0 Å². The molecular formula is C18H19BrN4O2. The highest BCUT2D eigenvalue weighted by molar-refractivity contribution is 9.10. The second kappa shape index (κ2) is 8.08. The minimum absolute atomic E-state index is 0.0548. The second-order valence-electron chi connectivity index (χ2n) is 5.64. The standard InChI is InChI=1S/C18H19BrN4O2/c1-4-23(16-7-5-13(19)10-21-16)17(24)8-6-14-11(2)15(9-20)18(25)22-12(14)3/h5,7,10H,4,6,8H2,1-3H3,(H,22,25). The zero-order valence-electron chi connectivity index (χ0n) is 14.4. The van der Waals surface area contributed by atoms with Crippen molar-refractivity contribution in [2.45, 2.75) is 33.6 Å². The van der Waals surface area contributed by atoms with Gasteiger partial charge in [-0.3, -0.25) is 14.5 Å². The molecule has 0 atom stereocenters. The molecule has 2 aromatic rings. The third-order valence-corrected chi connectivity index (χ3v) is 4.58. The molecule has 0 bridgehead atoms. The number of amides is 1. The van der Waals surface area contributed by atoms with Crippen molar-refractivity contribution < 1.29 is 4.79 Å². The van der Waals surface area contributed by atoms with Crippen LogP contribution < -0.4 is 10.5 Å². The Balaban J connectivity index is 2.20. The van der Waals surface area contributed by atoms with Crippen molar-refractivity contribution in [3.8, 4) is 6.07 Å². The molecule has 7 heteroatoms. The number of H-pyrrole nitrogens is 1. The fourth-order valence-electron chi connectivity index (χ4n) is 2.78. The van der Waals surface area contributed by atoms with Crippen LogP contribution in [0.5, 0.6) is 0 Å². The van der Waals surface area contributed by atoms with Gasteiger partial charge in [0, 0.05) is 29.3 Å². The Labute approximate surface area is 154 Å². The highest BCUT2D eigenvalue weighted by Crippen LogP contribution is 2.18. The second-order valence-corrected chi connectivity index (χ2v) is 6.56. The molecule has 2 rings (SSSR count). The van der Waals surface area contributed by atoms with E-state index in [9.17, 15) is 9.59 Å². The summed E-state index contributed by atoms with van der Waals surface area (Å²) >= 11 is 3.33. The van der Waals surface area contributed by atoms with E-state index in [0.717, 1.165) is 10.0 Å². The van der Waals surface area contributed by atoms with Gasteiger partial charge in [-0.25, -0.2) is 4.98 Å². The molecule has 6 nitrogen and oxygen atoms in total. The molecule has 0 aliphatic heterocycles. The molecule has 0 radical (unpaired) electrons. The molecule has 0 aliphatic carbocycles. The lowest BCUT2D eigenvalue weighted by Gasteiger charge is -2.20. The molecule has 0 saturated heterocycles. The predicted molar refractivity (Wildman–Crippen MR) is 99.5 cm³/mol. The normalized spacial score (nSPS) is 10.4. The minimum atomic E-state index is -0.387. The average Bonchev–Trinajstić information content (AvgIpc) is 2.57. The zero-order valence-corrected chi connectivity index (χ0v) is 16.0. The zero-order chi connectivity index (χ0) is 18.6. The molecule has 0 fully saturated rings. The Hall–Kier alpha value is -2.46. The van der Waals surface area contributed by atoms with E-state index in [1.54, 1.807) is 31.0 Å². The van der Waals surface area contributed by atoms with E-state index in [1.807, 2.05) is 19.1 Å². The summed E-state index contributed by atoms with van der Waals surface area (Å²) in [5.74, 6) is 0.546. The first-order chi connectivity index (χ1) is 11.9. The third-order valence-electron chi connectivity index (χ3n) is 4.11. The molecule has 130 valence electrons. The fourth-order valence-corrected chi connectivity index (χ4v) is 3.02. The average molecular weight is 403 g/mol. The number of hydrogen-bond donors (Lipinski definition) is 1. The van der Waals surface area contributed by atoms with E-state index in [-0.39, 0.29) is 23.5 Å². The quantitative estimate of drug-likeness (QED) is 0.831. The number of nitrogens with zero attached hydrogens (tertiary/aromatic N) is 3. The summed E-state index contributed by atoms with van der Waals surface area (Å²) in [6.45, 7) is 5.93. The number of anilines is 1. The molecule has 2 heterocycles. The molecule has 1 N–H and O–H groups in total. The number of aromatic amines is 1. The van der Waals surface area contributed by atoms with Crippen LogP contribution in [-0.2, 0) is 11.2 Å². The largest absolute Gasteiger partial charge is 0.325 e. The molecule has 1 amide bonds. The van der Waals surface area contributed by atoms with Crippen LogP contribution in [0.4, 0.5) is 5.82 Å². The number of hydrogen-bond acceptors (Lipinski definition) is 4. The van der Waals surface area contributed by atoms with Crippen LogP contribution >= 0.6 is 15.9 Å². The molecule has 0 aliphatic rings. The van der Waals surface area contributed by atoms with Gasteiger partial charge in [-0.1, -0.05) is 0 Å². The van der Waals surface area contributed by atoms with Gasteiger partial charge in [0.1, 0.15) is 17.5 Å². The summed E-state index contributed by atoms with van der Waals surface area (Å²) in [6.07, 6.45) is 2.37. The van der Waals surface area contributed by atoms with Crippen LogP contribution in [0.25, 0.3) is 0 Å². The number of pyridine rings is 2. The van der Waals surface area contributed by atoms with E-state index in [4.69, 9.17) is 5.26 Å². The van der Waals surface area contributed by atoms with Crippen molar-refractivity contribution in [3.05, 3.63) is 55.5 Å². The highest BCUT2D eigenvalue weighted by Gasteiger charge is 2.18. The van der Waals surface area contributed by atoms with Gasteiger partial charge in [-0.15, -0.1) is 0 Å². The van der Waals surface area contributed by atoms with E-state index in [0.29, 0.717) is 30.0 Å². The van der Waals surface area contributed by atoms with Gasteiger partial charge < -0.3 is 4.98 Å². The lowest BCUT2D eigenvalue weighted by Crippen LogP contribution is -2.31. The van der Waals surface area contributed by atoms with Gasteiger partial charge >= 0.3 is 0 Å². The van der Waals surface area contributed by atoms with Crippen LogP contribution in [0.1, 0.15) is 35.7 Å². The van der Waals surface area contributed by atoms with E-state index in [2.05, 4.69) is 25.9 Å². The first-order valence-corrected chi connectivity index (χ1v) is 8.72. The van der Waals surface area contributed by atoms with Crippen molar-refractivity contribution in [2.24, 2.45) is 0 Å². The summed E-state index contributed by atoms with van der Waals surface area (Å²) in [5.41, 5.74) is 1.89. The summed E-state index contributed by atoms with van der Waals surface area (Å²) in [5, 5.41) is 9.13. The number of halogens is 1. The summed E-state index contributed by atoms with van der Waals surface area (Å²) in [6, 6.07) is 5.56. The Morgan fingerprint density at radius 1 is 1.40 bits per heavy atom. The Morgan fingerprint density at radius 3 is 2.68 bits per heavy atom. The van der Waals surface area contributed by atoms with Gasteiger partial charge in [0.15, 0.2) is 0 Å². The first kappa shape index (κ1) is 18.9. The summed E-state index contributed by atoms with van der Waals surface area (Å²) in [4.78, 5) is 33.0. The van der Waals surface area contributed by atoms with Crippen LogP contribution in [0, 0.1) is 25.2 Å². The Bertz CT molecular complexity index is 882. The number of nitrogens with one attached hydrogen (secondary N) is 1. The van der Waals surface area contributed by atoms with Gasteiger partial charge in [0.25, 0.3) is 5.56 Å². The lowest BCUT2D eigenvalue weighted by molar-refractivity contribution is -0.118. The number of carbonyl (C=O) groups excluding carboxylic acids is 1. The molecule has 2 aromatic heterocycles. The van der Waals surface area contributed by atoms with Crippen molar-refractivity contribution >= 4 is 27.7 Å². The monoisotopic (exact) mass is 402 g/mol. The Morgan fingerprint density at radius 2 is 2.12 bits per heavy atom. The van der Waals surface area contributed by atoms with Crippen LogP contribution in [0.2, 0.25) is 0 Å². The van der Waals surface area contributed by atoms with Crippen molar-refractivity contribution in [1.82, 2.24) is 9.97 Å². The maximum absolute atomic E-state index is 12.6. The summed E-state index contributed by atoms with van der Waals surface area (Å²) in [7, 11) is 0. The van der Waals surface area contributed by atoms with Gasteiger partial charge in [-0.05, 0) is 66.4 Å². The number of nitriles is 1. The van der Waals surface area contributed by atoms with Crippen molar-refractivity contribution in [1.29, 1.82) is 5.26 Å². The van der Waals surface area contributed by atoms with Gasteiger partial charge in [0.05, 0.1) is 0 Å².